The summed E-state index contributed by atoms with van der Waals surface area (Å²) in [5.74, 6) is 0.834. The van der Waals surface area contributed by atoms with Crippen LogP contribution in [-0.4, -0.2) is 36.6 Å². The zero-order valence-corrected chi connectivity index (χ0v) is 11.6. The molecule has 1 rings (SSSR count). The van der Waals surface area contributed by atoms with Crippen LogP contribution < -0.4 is 5.32 Å². The van der Waals surface area contributed by atoms with Gasteiger partial charge in [0.15, 0.2) is 0 Å². The van der Waals surface area contributed by atoms with Gasteiger partial charge in [-0.15, -0.1) is 0 Å². The highest BCUT2D eigenvalue weighted by Gasteiger charge is 2.17. The van der Waals surface area contributed by atoms with Crippen molar-refractivity contribution in [3.8, 4) is 0 Å². The summed E-state index contributed by atoms with van der Waals surface area (Å²) >= 11 is 0. The Morgan fingerprint density at radius 2 is 1.62 bits per heavy atom. The maximum Gasteiger partial charge on any atom is 0.0192 e. The van der Waals surface area contributed by atoms with Crippen LogP contribution in [0.5, 0.6) is 0 Å². The van der Waals surface area contributed by atoms with E-state index in [0.29, 0.717) is 12.1 Å². The molecule has 1 fully saturated rings. The molecular formula is C14H30N2. The first-order chi connectivity index (χ1) is 7.59. The van der Waals surface area contributed by atoms with Gasteiger partial charge in [0.25, 0.3) is 0 Å². The molecule has 16 heavy (non-hydrogen) atoms. The highest BCUT2D eigenvalue weighted by molar-refractivity contribution is 4.75. The smallest absolute Gasteiger partial charge is 0.0192 e. The molecule has 2 unspecified atom stereocenters. The Bertz CT molecular complexity index is 174. The van der Waals surface area contributed by atoms with E-state index in [9.17, 15) is 0 Å². The average Bonchev–Trinajstić information content (AvgIpc) is 2.76. The minimum Gasteiger partial charge on any atom is -0.313 e. The lowest BCUT2D eigenvalue weighted by Crippen LogP contribution is -2.41. The van der Waals surface area contributed by atoms with Crippen molar-refractivity contribution in [2.24, 2.45) is 5.92 Å². The van der Waals surface area contributed by atoms with Gasteiger partial charge in [-0.05, 0) is 58.5 Å². The van der Waals surface area contributed by atoms with Crippen LogP contribution in [0.2, 0.25) is 0 Å². The van der Waals surface area contributed by atoms with Crippen molar-refractivity contribution in [3.05, 3.63) is 0 Å². The zero-order valence-electron chi connectivity index (χ0n) is 11.6. The molecule has 0 amide bonds. The molecule has 1 saturated heterocycles. The first kappa shape index (κ1) is 14.0. The van der Waals surface area contributed by atoms with Gasteiger partial charge in [-0.2, -0.15) is 0 Å². The van der Waals surface area contributed by atoms with Gasteiger partial charge in [-0.25, -0.2) is 0 Å². The SMILES string of the molecule is CC(C)CCC(C)NCC(C)N1CCCC1. The lowest BCUT2D eigenvalue weighted by Gasteiger charge is -2.26. The average molecular weight is 226 g/mol. The Morgan fingerprint density at radius 1 is 1.00 bits per heavy atom. The van der Waals surface area contributed by atoms with Crippen LogP contribution in [0.15, 0.2) is 0 Å². The van der Waals surface area contributed by atoms with E-state index < -0.39 is 0 Å². The summed E-state index contributed by atoms with van der Waals surface area (Å²) in [4.78, 5) is 2.61. The van der Waals surface area contributed by atoms with Crippen molar-refractivity contribution in [3.63, 3.8) is 0 Å². The quantitative estimate of drug-likeness (QED) is 0.718. The van der Waals surface area contributed by atoms with E-state index in [1.807, 2.05) is 0 Å². The van der Waals surface area contributed by atoms with Gasteiger partial charge in [0.05, 0.1) is 0 Å². The highest BCUT2D eigenvalue weighted by Crippen LogP contribution is 2.11. The second-order valence-electron chi connectivity index (χ2n) is 5.87. The van der Waals surface area contributed by atoms with Crippen LogP contribution in [0.1, 0.15) is 53.4 Å². The third-order valence-electron chi connectivity index (χ3n) is 3.70. The van der Waals surface area contributed by atoms with Crippen LogP contribution in [0.25, 0.3) is 0 Å². The standard InChI is InChI=1S/C14H30N2/c1-12(2)7-8-13(3)15-11-14(4)16-9-5-6-10-16/h12-15H,5-11H2,1-4H3. The van der Waals surface area contributed by atoms with Crippen molar-refractivity contribution >= 4 is 0 Å². The molecule has 0 aromatic carbocycles. The summed E-state index contributed by atoms with van der Waals surface area (Å²) in [5, 5.41) is 3.67. The Kier molecular flexibility index (Phi) is 6.37. The Labute approximate surface area is 102 Å². The number of likely N-dealkylation sites (tertiary alicyclic amines) is 1. The molecule has 2 nitrogen and oxygen atoms in total. The van der Waals surface area contributed by atoms with Crippen LogP contribution >= 0.6 is 0 Å². The van der Waals surface area contributed by atoms with Crippen molar-refractivity contribution < 1.29 is 0 Å². The third-order valence-corrected chi connectivity index (χ3v) is 3.70. The minimum absolute atomic E-state index is 0.674. The molecule has 2 heteroatoms. The molecule has 0 spiro atoms. The van der Waals surface area contributed by atoms with E-state index in [4.69, 9.17) is 0 Å². The molecule has 1 aliphatic rings. The van der Waals surface area contributed by atoms with Gasteiger partial charge in [-0.1, -0.05) is 13.8 Å². The minimum atomic E-state index is 0.674. The fourth-order valence-electron chi connectivity index (χ4n) is 2.37. The normalized spacial score (nSPS) is 21.6. The van der Waals surface area contributed by atoms with Crippen molar-refractivity contribution in [1.82, 2.24) is 10.2 Å². The summed E-state index contributed by atoms with van der Waals surface area (Å²) in [7, 11) is 0. The first-order valence-electron chi connectivity index (χ1n) is 7.07. The maximum absolute atomic E-state index is 3.67. The Morgan fingerprint density at radius 3 is 2.19 bits per heavy atom. The molecule has 1 N–H and O–H groups in total. The molecule has 0 radical (unpaired) electrons. The lowest BCUT2D eigenvalue weighted by atomic mass is 10.0. The van der Waals surface area contributed by atoms with Crippen LogP contribution in [0, 0.1) is 5.92 Å². The van der Waals surface area contributed by atoms with E-state index in [-0.39, 0.29) is 0 Å². The van der Waals surface area contributed by atoms with Crippen molar-refractivity contribution in [2.45, 2.75) is 65.5 Å². The topological polar surface area (TPSA) is 15.3 Å². The van der Waals surface area contributed by atoms with E-state index in [0.717, 1.165) is 12.5 Å². The van der Waals surface area contributed by atoms with E-state index >= 15 is 0 Å². The monoisotopic (exact) mass is 226 g/mol. The van der Waals surface area contributed by atoms with E-state index in [1.54, 1.807) is 0 Å². The molecule has 0 bridgehead atoms. The fourth-order valence-corrected chi connectivity index (χ4v) is 2.37. The number of nitrogens with zero attached hydrogens (tertiary/aromatic N) is 1. The molecule has 1 heterocycles. The van der Waals surface area contributed by atoms with Crippen molar-refractivity contribution in [1.29, 1.82) is 0 Å². The molecule has 0 aliphatic carbocycles. The Hall–Kier alpha value is -0.0800. The molecule has 0 saturated carbocycles. The van der Waals surface area contributed by atoms with Crippen LogP contribution in [0.4, 0.5) is 0 Å². The second kappa shape index (κ2) is 7.29. The first-order valence-corrected chi connectivity index (χ1v) is 7.07. The highest BCUT2D eigenvalue weighted by atomic mass is 15.2. The number of hydrogen-bond acceptors (Lipinski definition) is 2. The van der Waals surface area contributed by atoms with Crippen molar-refractivity contribution in [2.75, 3.05) is 19.6 Å². The number of nitrogens with one attached hydrogen (secondary N) is 1. The molecule has 2 atom stereocenters. The fraction of sp³-hybridized carbons (Fsp3) is 1.00. The summed E-state index contributed by atoms with van der Waals surface area (Å²) in [6, 6.07) is 1.39. The Balaban J connectivity index is 2.08. The molecule has 1 aliphatic heterocycles. The molecular weight excluding hydrogens is 196 g/mol. The second-order valence-corrected chi connectivity index (χ2v) is 5.87. The molecule has 96 valence electrons. The van der Waals surface area contributed by atoms with Gasteiger partial charge >= 0.3 is 0 Å². The largest absolute Gasteiger partial charge is 0.313 e. The zero-order chi connectivity index (χ0) is 12.0. The summed E-state index contributed by atoms with van der Waals surface area (Å²) in [6.45, 7) is 13.1. The lowest BCUT2D eigenvalue weighted by molar-refractivity contribution is 0.244. The van der Waals surface area contributed by atoms with Gasteiger partial charge in [-0.3, -0.25) is 4.90 Å². The van der Waals surface area contributed by atoms with Gasteiger partial charge in [0.1, 0.15) is 0 Å². The van der Waals surface area contributed by atoms with Crippen LogP contribution in [-0.2, 0) is 0 Å². The number of rotatable bonds is 7. The molecule has 0 aromatic rings. The molecule has 0 aromatic heterocycles. The summed E-state index contributed by atoms with van der Waals surface area (Å²) < 4.78 is 0. The third kappa shape index (κ3) is 5.31. The van der Waals surface area contributed by atoms with E-state index in [1.165, 1.54) is 38.8 Å². The van der Waals surface area contributed by atoms with Gasteiger partial charge in [0, 0.05) is 18.6 Å². The van der Waals surface area contributed by atoms with Gasteiger partial charge in [0.2, 0.25) is 0 Å². The maximum atomic E-state index is 3.67. The summed E-state index contributed by atoms with van der Waals surface area (Å²) in [5.41, 5.74) is 0. The van der Waals surface area contributed by atoms with Crippen LogP contribution in [0.3, 0.4) is 0 Å². The van der Waals surface area contributed by atoms with Gasteiger partial charge < -0.3 is 5.32 Å². The predicted octanol–water partition coefficient (Wildman–Crippen LogP) is 2.89. The predicted molar refractivity (Wildman–Crippen MR) is 71.8 cm³/mol. The number of hydrogen-bond donors (Lipinski definition) is 1. The van der Waals surface area contributed by atoms with E-state index in [2.05, 4.69) is 37.9 Å². The summed E-state index contributed by atoms with van der Waals surface area (Å²) in [6.07, 6.45) is 5.44.